The van der Waals surface area contributed by atoms with Crippen LogP contribution in [0.5, 0.6) is 0 Å². The summed E-state index contributed by atoms with van der Waals surface area (Å²) in [6.45, 7) is 2.75. The molecule has 134 valence electrons. The second-order valence-corrected chi connectivity index (χ2v) is 6.96. The van der Waals surface area contributed by atoms with Gasteiger partial charge in [-0.05, 0) is 24.5 Å². The van der Waals surface area contributed by atoms with Crippen molar-refractivity contribution < 1.29 is 23.9 Å². The Morgan fingerprint density at radius 3 is 2.62 bits per heavy atom. The topological polar surface area (TPSA) is 69.7 Å². The van der Waals surface area contributed by atoms with Gasteiger partial charge >= 0.3 is 0 Å². The third-order valence-electron chi connectivity index (χ3n) is 5.67. The SMILES string of the molecule is C[C@H]1C=CCC2C(=O)C=CC(=O)[C@]21C(=O)c1ccccc1C1OCCO1. The molecule has 0 spiro atoms. The first-order valence-electron chi connectivity index (χ1n) is 8.86. The summed E-state index contributed by atoms with van der Waals surface area (Å²) in [5, 5.41) is 0. The molecule has 0 amide bonds. The predicted molar refractivity (Wildman–Crippen MR) is 93.4 cm³/mol. The van der Waals surface area contributed by atoms with Gasteiger partial charge in [-0.1, -0.05) is 43.3 Å². The van der Waals surface area contributed by atoms with Crippen molar-refractivity contribution in [3.05, 3.63) is 59.7 Å². The van der Waals surface area contributed by atoms with Crippen molar-refractivity contribution in [2.24, 2.45) is 17.3 Å². The standard InChI is InChI=1S/C21H20O5/c1-13-5-4-8-16-17(22)9-10-18(23)21(13,16)19(24)14-6-2-3-7-15(14)20-25-11-12-26-20/h2-7,9-10,13,16,20H,8,11-12H2,1H3/t13-,16?,21+/m0/s1. The largest absolute Gasteiger partial charge is 0.346 e. The Balaban J connectivity index is 1.86. The van der Waals surface area contributed by atoms with Gasteiger partial charge in [0.15, 0.2) is 23.6 Å². The lowest BCUT2D eigenvalue weighted by Gasteiger charge is -2.44. The van der Waals surface area contributed by atoms with Gasteiger partial charge in [-0.15, -0.1) is 0 Å². The maximum absolute atomic E-state index is 13.7. The van der Waals surface area contributed by atoms with Crippen LogP contribution >= 0.6 is 0 Å². The van der Waals surface area contributed by atoms with Crippen molar-refractivity contribution in [2.45, 2.75) is 19.6 Å². The highest BCUT2D eigenvalue weighted by atomic mass is 16.7. The zero-order chi connectivity index (χ0) is 18.3. The van der Waals surface area contributed by atoms with E-state index in [0.717, 1.165) is 0 Å². The molecule has 3 atom stereocenters. The summed E-state index contributed by atoms with van der Waals surface area (Å²) >= 11 is 0. The van der Waals surface area contributed by atoms with Crippen molar-refractivity contribution >= 4 is 17.3 Å². The fraction of sp³-hybridized carbons (Fsp3) is 0.381. The van der Waals surface area contributed by atoms with E-state index in [1.54, 1.807) is 18.2 Å². The molecule has 1 fully saturated rings. The molecule has 0 radical (unpaired) electrons. The molecule has 0 N–H and O–H groups in total. The van der Waals surface area contributed by atoms with E-state index in [2.05, 4.69) is 0 Å². The average molecular weight is 352 g/mol. The Labute approximate surface area is 151 Å². The van der Waals surface area contributed by atoms with Crippen molar-refractivity contribution in [3.63, 3.8) is 0 Å². The van der Waals surface area contributed by atoms with E-state index in [1.807, 2.05) is 25.1 Å². The van der Waals surface area contributed by atoms with Gasteiger partial charge in [-0.3, -0.25) is 14.4 Å². The van der Waals surface area contributed by atoms with E-state index in [-0.39, 0.29) is 23.3 Å². The summed E-state index contributed by atoms with van der Waals surface area (Å²) in [7, 11) is 0. The average Bonchev–Trinajstić information content (AvgIpc) is 3.19. The lowest BCUT2D eigenvalue weighted by Crippen LogP contribution is -2.55. The van der Waals surface area contributed by atoms with Gasteiger partial charge in [-0.2, -0.15) is 0 Å². The van der Waals surface area contributed by atoms with Crippen LogP contribution in [0.4, 0.5) is 0 Å². The molecule has 1 aromatic carbocycles. The lowest BCUT2D eigenvalue weighted by molar-refractivity contribution is -0.135. The zero-order valence-electron chi connectivity index (χ0n) is 14.5. The Bertz CT molecular complexity index is 831. The van der Waals surface area contributed by atoms with E-state index in [1.165, 1.54) is 12.2 Å². The molecule has 4 rings (SSSR count). The van der Waals surface area contributed by atoms with Gasteiger partial charge in [0.05, 0.1) is 13.2 Å². The number of hydrogen-bond donors (Lipinski definition) is 0. The normalized spacial score (nSPS) is 31.3. The fourth-order valence-electron chi connectivity index (χ4n) is 4.37. The first-order chi connectivity index (χ1) is 12.6. The number of benzene rings is 1. The monoisotopic (exact) mass is 352 g/mol. The lowest BCUT2D eigenvalue weighted by atomic mass is 9.54. The molecule has 26 heavy (non-hydrogen) atoms. The summed E-state index contributed by atoms with van der Waals surface area (Å²) < 4.78 is 11.1. The number of rotatable bonds is 3. The maximum atomic E-state index is 13.7. The summed E-state index contributed by atoms with van der Waals surface area (Å²) in [4.78, 5) is 39.3. The van der Waals surface area contributed by atoms with Gasteiger partial charge in [0.2, 0.25) is 0 Å². The quantitative estimate of drug-likeness (QED) is 0.475. The van der Waals surface area contributed by atoms with Crippen LogP contribution in [0.3, 0.4) is 0 Å². The highest BCUT2D eigenvalue weighted by Crippen LogP contribution is 2.49. The minimum atomic E-state index is -1.39. The van der Waals surface area contributed by atoms with Crippen LogP contribution in [0, 0.1) is 17.3 Å². The van der Waals surface area contributed by atoms with Crippen LogP contribution in [-0.2, 0) is 19.1 Å². The molecule has 5 heteroatoms. The zero-order valence-corrected chi connectivity index (χ0v) is 14.5. The van der Waals surface area contributed by atoms with E-state index in [9.17, 15) is 14.4 Å². The Hall–Kier alpha value is -2.37. The minimum Gasteiger partial charge on any atom is -0.346 e. The number of hydrogen-bond acceptors (Lipinski definition) is 5. The molecule has 0 aromatic heterocycles. The fourth-order valence-corrected chi connectivity index (χ4v) is 4.37. The molecular formula is C21H20O5. The Morgan fingerprint density at radius 2 is 1.85 bits per heavy atom. The summed E-state index contributed by atoms with van der Waals surface area (Å²) in [5.74, 6) is -1.82. The molecule has 1 saturated heterocycles. The predicted octanol–water partition coefficient (Wildman–Crippen LogP) is 2.82. The minimum absolute atomic E-state index is 0.167. The first kappa shape index (κ1) is 17.1. The van der Waals surface area contributed by atoms with Crippen LogP contribution in [0.25, 0.3) is 0 Å². The van der Waals surface area contributed by atoms with Crippen LogP contribution in [-0.4, -0.2) is 30.6 Å². The van der Waals surface area contributed by atoms with E-state index >= 15 is 0 Å². The summed E-state index contributed by atoms with van der Waals surface area (Å²) in [6.07, 6.45) is 6.09. The smallest absolute Gasteiger partial charge is 0.184 e. The van der Waals surface area contributed by atoms with Gasteiger partial charge in [0.25, 0.3) is 0 Å². The number of carbonyl (C=O) groups excluding carboxylic acids is 3. The van der Waals surface area contributed by atoms with Crippen LogP contribution < -0.4 is 0 Å². The van der Waals surface area contributed by atoms with Crippen molar-refractivity contribution in [3.8, 4) is 0 Å². The molecule has 2 aliphatic carbocycles. The van der Waals surface area contributed by atoms with Crippen molar-refractivity contribution in [1.29, 1.82) is 0 Å². The summed E-state index contributed by atoms with van der Waals surface area (Å²) in [6, 6.07) is 7.04. The highest BCUT2D eigenvalue weighted by Gasteiger charge is 2.58. The van der Waals surface area contributed by atoms with Crippen molar-refractivity contribution in [1.82, 2.24) is 0 Å². The number of Topliss-reactive ketones (excluding diaryl/α,β-unsaturated/α-hetero) is 1. The summed E-state index contributed by atoms with van der Waals surface area (Å²) in [5.41, 5.74) is -0.391. The van der Waals surface area contributed by atoms with Gasteiger partial charge < -0.3 is 9.47 Å². The third kappa shape index (κ3) is 2.35. The Kier molecular flexibility index (Phi) is 4.21. The maximum Gasteiger partial charge on any atom is 0.184 e. The molecular weight excluding hydrogens is 332 g/mol. The Morgan fingerprint density at radius 1 is 1.12 bits per heavy atom. The van der Waals surface area contributed by atoms with Crippen LogP contribution in [0.1, 0.15) is 35.6 Å². The molecule has 1 heterocycles. The van der Waals surface area contributed by atoms with Crippen LogP contribution in [0.2, 0.25) is 0 Å². The second kappa shape index (κ2) is 6.41. The molecule has 1 unspecified atom stereocenters. The van der Waals surface area contributed by atoms with Crippen LogP contribution in [0.15, 0.2) is 48.6 Å². The molecule has 3 aliphatic rings. The van der Waals surface area contributed by atoms with Gasteiger partial charge in [0, 0.05) is 17.0 Å². The van der Waals surface area contributed by atoms with Crippen molar-refractivity contribution in [2.75, 3.05) is 13.2 Å². The molecule has 0 bridgehead atoms. The van der Waals surface area contributed by atoms with Gasteiger partial charge in [0.1, 0.15) is 5.41 Å². The second-order valence-electron chi connectivity index (χ2n) is 6.96. The van der Waals surface area contributed by atoms with E-state index in [0.29, 0.717) is 30.8 Å². The van der Waals surface area contributed by atoms with E-state index < -0.39 is 17.6 Å². The van der Waals surface area contributed by atoms with E-state index in [4.69, 9.17) is 9.47 Å². The third-order valence-corrected chi connectivity index (χ3v) is 5.67. The molecule has 1 aliphatic heterocycles. The molecule has 5 nitrogen and oxygen atoms in total. The number of ether oxygens (including phenoxy) is 2. The molecule has 0 saturated carbocycles. The number of fused-ring (bicyclic) bond motifs is 1. The number of ketones is 3. The highest BCUT2D eigenvalue weighted by molar-refractivity contribution is 6.24. The first-order valence-corrected chi connectivity index (χ1v) is 8.86. The molecule has 1 aromatic rings. The van der Waals surface area contributed by atoms with Gasteiger partial charge in [-0.25, -0.2) is 0 Å². The number of allylic oxidation sites excluding steroid dienone is 4. The number of carbonyl (C=O) groups is 3.